The van der Waals surface area contributed by atoms with Crippen molar-refractivity contribution in [2.24, 2.45) is 0 Å². The Labute approximate surface area is 270 Å². The summed E-state index contributed by atoms with van der Waals surface area (Å²) >= 11 is 0. The Kier molecular flexibility index (Phi) is 7.23. The Morgan fingerprint density at radius 3 is 1.30 bits per heavy atom. The number of esters is 2. The molecule has 0 atom stereocenters. The normalized spacial score (nSPS) is 11.4. The summed E-state index contributed by atoms with van der Waals surface area (Å²) < 4.78 is 11.6. The highest BCUT2D eigenvalue weighted by atomic mass is 16.5. The quantitative estimate of drug-likeness (QED) is 0.167. The molecule has 0 aliphatic heterocycles. The molecule has 0 fully saturated rings. The van der Waals surface area contributed by atoms with Crippen LogP contribution in [0.4, 0.5) is 0 Å². The van der Waals surface area contributed by atoms with Crippen LogP contribution in [0.3, 0.4) is 0 Å². The number of hydrogen-bond acceptors (Lipinski definition) is 4. The topological polar surface area (TPSA) is 84.2 Å². The van der Waals surface area contributed by atoms with Gasteiger partial charge in [-0.3, -0.25) is 0 Å². The van der Waals surface area contributed by atoms with Gasteiger partial charge in [-0.2, -0.15) is 0 Å². The molecule has 0 aliphatic carbocycles. The molecule has 2 N–H and O–H groups in total. The zero-order valence-electron chi connectivity index (χ0n) is 25.5. The number of ether oxygens (including phenoxy) is 2. The summed E-state index contributed by atoms with van der Waals surface area (Å²) in [5.41, 5.74) is 4.34. The zero-order valence-corrected chi connectivity index (χ0v) is 25.5. The van der Waals surface area contributed by atoms with Gasteiger partial charge in [0, 0.05) is 39.4 Å². The lowest BCUT2D eigenvalue weighted by Gasteiger charge is -2.05. The second-order valence-corrected chi connectivity index (χ2v) is 11.7. The average molecular weight is 615 g/mol. The number of rotatable bonds is 8. The monoisotopic (exact) mass is 614 g/mol. The maximum atomic E-state index is 13.6. The molecule has 0 radical (unpaired) electrons. The van der Waals surface area contributed by atoms with Crippen molar-refractivity contribution in [1.29, 1.82) is 0 Å². The summed E-state index contributed by atoms with van der Waals surface area (Å²) in [5.74, 6) is -0.847. The molecule has 8 aromatic rings. The van der Waals surface area contributed by atoms with Crippen LogP contribution < -0.4 is 0 Å². The molecule has 6 nitrogen and oxygen atoms in total. The summed E-state index contributed by atoms with van der Waals surface area (Å²) in [6.07, 6.45) is 0.410. The Morgan fingerprint density at radius 2 is 0.851 bits per heavy atom. The van der Waals surface area contributed by atoms with Crippen LogP contribution in [0.5, 0.6) is 0 Å². The van der Waals surface area contributed by atoms with E-state index in [2.05, 4.69) is 34.2 Å². The molecule has 8 rings (SSSR count). The van der Waals surface area contributed by atoms with Crippen LogP contribution in [0, 0.1) is 0 Å². The molecule has 0 bridgehead atoms. The van der Waals surface area contributed by atoms with Crippen LogP contribution in [0.15, 0.2) is 133 Å². The third kappa shape index (κ3) is 5.30. The number of H-pyrrole nitrogens is 2. The molecule has 2 aromatic heterocycles. The number of carbonyl (C=O) groups is 2. The van der Waals surface area contributed by atoms with Crippen molar-refractivity contribution in [3.05, 3.63) is 167 Å². The van der Waals surface area contributed by atoms with Crippen molar-refractivity contribution < 1.29 is 19.1 Å². The van der Waals surface area contributed by atoms with Crippen molar-refractivity contribution >= 4 is 55.0 Å². The second kappa shape index (κ2) is 12.0. The number of carbonyl (C=O) groups excluding carboxylic acids is 2. The average Bonchev–Trinajstić information content (AvgIpc) is 3.69. The predicted octanol–water partition coefficient (Wildman–Crippen LogP) is 9.26. The summed E-state index contributed by atoms with van der Waals surface area (Å²) in [6.45, 7) is 0.343. The fraction of sp³-hybridized carbons (Fsp3) is 0.0732. The summed E-state index contributed by atoms with van der Waals surface area (Å²) in [6, 6.07) is 43.6. The second-order valence-electron chi connectivity index (χ2n) is 11.7. The summed E-state index contributed by atoms with van der Waals surface area (Å²) in [7, 11) is 0. The van der Waals surface area contributed by atoms with Crippen molar-refractivity contribution in [3.63, 3.8) is 0 Å². The van der Waals surface area contributed by atoms with Gasteiger partial charge in [-0.1, -0.05) is 133 Å². The number of aromatic amines is 2. The number of fused-ring (bicyclic) bond motifs is 6. The maximum Gasteiger partial charge on any atom is 0.355 e. The van der Waals surface area contributed by atoms with Crippen LogP contribution in [-0.2, 0) is 29.1 Å². The van der Waals surface area contributed by atoms with E-state index in [-0.39, 0.29) is 13.2 Å². The van der Waals surface area contributed by atoms with Crippen LogP contribution in [-0.4, -0.2) is 21.9 Å². The highest BCUT2D eigenvalue weighted by molar-refractivity contribution is 6.17. The fourth-order valence-electron chi connectivity index (χ4n) is 6.53. The molecule has 0 saturated carbocycles. The minimum Gasteiger partial charge on any atom is -0.456 e. The van der Waals surface area contributed by atoms with E-state index in [9.17, 15) is 9.59 Å². The molecule has 0 amide bonds. The number of nitrogens with one attached hydrogen (secondary N) is 2. The van der Waals surface area contributed by atoms with E-state index in [4.69, 9.17) is 9.47 Å². The highest BCUT2D eigenvalue weighted by Gasteiger charge is 2.24. The maximum absolute atomic E-state index is 13.6. The molecular weight excluding hydrogens is 584 g/mol. The number of aromatic nitrogens is 2. The predicted molar refractivity (Wildman–Crippen MR) is 186 cm³/mol. The number of benzene rings is 6. The molecular formula is C41H30N2O4. The highest BCUT2D eigenvalue weighted by Crippen LogP contribution is 2.36. The molecule has 0 spiro atoms. The van der Waals surface area contributed by atoms with Crippen molar-refractivity contribution in [3.8, 4) is 0 Å². The van der Waals surface area contributed by atoms with Crippen LogP contribution in [0.25, 0.3) is 43.1 Å². The van der Waals surface area contributed by atoms with Gasteiger partial charge in [-0.05, 0) is 32.7 Å². The first-order valence-corrected chi connectivity index (χ1v) is 15.6. The minimum absolute atomic E-state index is 0.171. The van der Waals surface area contributed by atoms with E-state index >= 15 is 0 Å². The molecule has 6 aromatic carbocycles. The third-order valence-electron chi connectivity index (χ3n) is 8.74. The minimum atomic E-state index is -0.424. The first-order valence-electron chi connectivity index (χ1n) is 15.6. The molecule has 0 unspecified atom stereocenters. The van der Waals surface area contributed by atoms with Gasteiger partial charge in [0.1, 0.15) is 24.6 Å². The first-order chi connectivity index (χ1) is 23.1. The van der Waals surface area contributed by atoms with E-state index in [1.807, 2.05) is 109 Å². The largest absolute Gasteiger partial charge is 0.456 e. The molecule has 0 aliphatic rings. The Hall–Kier alpha value is -6.14. The van der Waals surface area contributed by atoms with Gasteiger partial charge in [0.15, 0.2) is 0 Å². The van der Waals surface area contributed by atoms with Crippen molar-refractivity contribution in [1.82, 2.24) is 9.97 Å². The SMILES string of the molecule is O=C(OCc1ccccc1)c1[nH]c(Cc2[nH]c(C(=O)OCc3ccccc3)c3ccc4ccccc4c23)c2c1ccc1ccccc12. The van der Waals surface area contributed by atoms with Gasteiger partial charge in [-0.25, -0.2) is 9.59 Å². The Bertz CT molecular complexity index is 2250. The molecule has 47 heavy (non-hydrogen) atoms. The first kappa shape index (κ1) is 28.3. The standard InChI is InChI=1S/C41H30N2O4/c44-40(46-24-26-11-3-1-4-12-26)38-32-21-19-28-15-7-9-17-30(28)36(32)34(42-38)23-35-37-31-18-10-8-16-29(31)20-22-33(37)39(43-35)41(45)47-25-27-13-5-2-6-14-27/h1-22,42-43H,23-25H2. The van der Waals surface area contributed by atoms with E-state index in [0.717, 1.165) is 65.6 Å². The van der Waals surface area contributed by atoms with Gasteiger partial charge >= 0.3 is 11.9 Å². The van der Waals surface area contributed by atoms with Gasteiger partial charge in [-0.15, -0.1) is 0 Å². The lowest BCUT2D eigenvalue weighted by Crippen LogP contribution is -2.07. The molecule has 2 heterocycles. The molecule has 6 heteroatoms. The third-order valence-corrected chi connectivity index (χ3v) is 8.74. The van der Waals surface area contributed by atoms with Crippen molar-refractivity contribution in [2.45, 2.75) is 19.6 Å². The van der Waals surface area contributed by atoms with E-state index < -0.39 is 11.9 Å². The van der Waals surface area contributed by atoms with Gasteiger partial charge in [0.2, 0.25) is 0 Å². The van der Waals surface area contributed by atoms with Crippen LogP contribution in [0.1, 0.15) is 43.5 Å². The number of hydrogen-bond donors (Lipinski definition) is 2. The van der Waals surface area contributed by atoms with Crippen LogP contribution >= 0.6 is 0 Å². The lowest BCUT2D eigenvalue weighted by atomic mass is 9.98. The summed E-state index contributed by atoms with van der Waals surface area (Å²) in [5, 5.41) is 7.67. The Balaban J connectivity index is 1.24. The lowest BCUT2D eigenvalue weighted by molar-refractivity contribution is 0.0460. The van der Waals surface area contributed by atoms with E-state index in [0.29, 0.717) is 17.8 Å². The van der Waals surface area contributed by atoms with Gasteiger partial charge in [0.05, 0.1) is 0 Å². The molecule has 0 saturated heterocycles. The van der Waals surface area contributed by atoms with Gasteiger partial charge < -0.3 is 19.4 Å². The van der Waals surface area contributed by atoms with Crippen LogP contribution in [0.2, 0.25) is 0 Å². The smallest absolute Gasteiger partial charge is 0.355 e. The fourth-order valence-corrected chi connectivity index (χ4v) is 6.53. The zero-order chi connectivity index (χ0) is 31.7. The molecule has 228 valence electrons. The Morgan fingerprint density at radius 1 is 0.447 bits per heavy atom. The van der Waals surface area contributed by atoms with E-state index in [1.165, 1.54) is 0 Å². The van der Waals surface area contributed by atoms with Crippen molar-refractivity contribution in [2.75, 3.05) is 0 Å². The summed E-state index contributed by atoms with van der Waals surface area (Å²) in [4.78, 5) is 34.1. The van der Waals surface area contributed by atoms with Gasteiger partial charge in [0.25, 0.3) is 0 Å². The van der Waals surface area contributed by atoms with E-state index in [1.54, 1.807) is 0 Å².